The van der Waals surface area contributed by atoms with Gasteiger partial charge in [-0.15, -0.1) is 5.10 Å². The van der Waals surface area contributed by atoms with Gasteiger partial charge in [0.15, 0.2) is 0 Å². The summed E-state index contributed by atoms with van der Waals surface area (Å²) in [7, 11) is 0.691. The number of rotatable bonds is 9. The molecule has 1 atom stereocenters. The SMILES string of the molecule is COC(=O)C1CN(Cc2ccc(OC)cc2)CCS(=O)(=O)N1Cc1cn(Cc2ccc(OC)cc2)nn1. The summed E-state index contributed by atoms with van der Waals surface area (Å²) in [5.41, 5.74) is 2.41. The molecule has 1 fully saturated rings. The Morgan fingerprint density at radius 3 is 2.08 bits per heavy atom. The minimum Gasteiger partial charge on any atom is -0.497 e. The molecule has 1 aliphatic rings. The number of ether oxygens (including phenoxy) is 3. The van der Waals surface area contributed by atoms with Crippen LogP contribution >= 0.6 is 0 Å². The summed E-state index contributed by atoms with van der Waals surface area (Å²) in [5, 5.41) is 8.31. The zero-order valence-corrected chi connectivity index (χ0v) is 21.9. The largest absolute Gasteiger partial charge is 0.497 e. The second kappa shape index (κ2) is 11.7. The second-order valence-electron chi connectivity index (χ2n) is 8.74. The lowest BCUT2D eigenvalue weighted by Crippen LogP contribution is -2.48. The maximum atomic E-state index is 13.3. The van der Waals surface area contributed by atoms with Gasteiger partial charge in [0.1, 0.15) is 17.5 Å². The van der Waals surface area contributed by atoms with Gasteiger partial charge in [0.05, 0.1) is 52.1 Å². The van der Waals surface area contributed by atoms with Crippen LogP contribution in [0.4, 0.5) is 0 Å². The van der Waals surface area contributed by atoms with Crippen LogP contribution in [0.3, 0.4) is 0 Å². The van der Waals surface area contributed by atoms with Crippen molar-refractivity contribution in [3.63, 3.8) is 0 Å². The van der Waals surface area contributed by atoms with Crippen LogP contribution in [0.25, 0.3) is 0 Å². The molecule has 0 amide bonds. The van der Waals surface area contributed by atoms with Gasteiger partial charge in [-0.25, -0.2) is 13.1 Å². The zero-order chi connectivity index (χ0) is 26.4. The topological polar surface area (TPSA) is 116 Å². The van der Waals surface area contributed by atoms with Gasteiger partial charge in [0, 0.05) is 19.6 Å². The van der Waals surface area contributed by atoms with Crippen LogP contribution in [0.1, 0.15) is 16.8 Å². The van der Waals surface area contributed by atoms with Crippen molar-refractivity contribution in [3.05, 3.63) is 71.5 Å². The van der Waals surface area contributed by atoms with Gasteiger partial charge in [-0.3, -0.25) is 9.69 Å². The van der Waals surface area contributed by atoms with Gasteiger partial charge in [-0.2, -0.15) is 4.31 Å². The molecule has 3 aromatic rings. The quantitative estimate of drug-likeness (QED) is 0.381. The van der Waals surface area contributed by atoms with Crippen molar-refractivity contribution in [1.29, 1.82) is 0 Å². The number of hydrogen-bond donors (Lipinski definition) is 0. The molecule has 1 unspecified atom stereocenters. The number of carbonyl (C=O) groups excluding carboxylic acids is 1. The molecule has 0 bridgehead atoms. The van der Waals surface area contributed by atoms with Crippen LogP contribution in [0, 0.1) is 0 Å². The number of nitrogens with zero attached hydrogens (tertiary/aromatic N) is 5. The van der Waals surface area contributed by atoms with Crippen LogP contribution in [-0.4, -0.2) is 84.8 Å². The highest BCUT2D eigenvalue weighted by molar-refractivity contribution is 7.89. The number of aromatic nitrogens is 3. The molecule has 1 saturated heterocycles. The van der Waals surface area contributed by atoms with Gasteiger partial charge < -0.3 is 14.2 Å². The average molecular weight is 530 g/mol. The third kappa shape index (κ3) is 6.64. The average Bonchev–Trinajstić information content (AvgIpc) is 3.31. The van der Waals surface area contributed by atoms with Crippen LogP contribution in [0.15, 0.2) is 54.7 Å². The normalized spacial score (nSPS) is 18.2. The van der Waals surface area contributed by atoms with Gasteiger partial charge >= 0.3 is 5.97 Å². The third-order valence-corrected chi connectivity index (χ3v) is 8.04. The highest BCUT2D eigenvalue weighted by Crippen LogP contribution is 2.21. The smallest absolute Gasteiger partial charge is 0.325 e. The third-order valence-electron chi connectivity index (χ3n) is 6.25. The Hall–Kier alpha value is -3.48. The van der Waals surface area contributed by atoms with Gasteiger partial charge in [0.25, 0.3) is 0 Å². The van der Waals surface area contributed by atoms with Crippen molar-refractivity contribution < 1.29 is 27.4 Å². The lowest BCUT2D eigenvalue weighted by molar-refractivity contribution is -0.145. The predicted octanol–water partition coefficient (Wildman–Crippen LogP) is 1.53. The predicted molar refractivity (Wildman–Crippen MR) is 136 cm³/mol. The van der Waals surface area contributed by atoms with Crippen LogP contribution in [0.2, 0.25) is 0 Å². The van der Waals surface area contributed by atoms with E-state index in [0.717, 1.165) is 22.6 Å². The van der Waals surface area contributed by atoms with Gasteiger partial charge in [0.2, 0.25) is 10.0 Å². The lowest BCUT2D eigenvalue weighted by atomic mass is 10.2. The number of benzene rings is 2. The summed E-state index contributed by atoms with van der Waals surface area (Å²) in [5.74, 6) is 0.748. The molecular formula is C25H31N5O6S. The standard InChI is InChI=1S/C25H31N5O6S/c1-34-22-8-4-19(5-9-22)14-28-12-13-37(32,33)30(24(18-28)25(31)36-3)17-21-16-29(27-26-21)15-20-6-10-23(35-2)11-7-20/h4-11,16,24H,12-15,17-18H2,1-3H3. The fourth-order valence-electron chi connectivity index (χ4n) is 4.22. The van der Waals surface area contributed by atoms with E-state index in [2.05, 4.69) is 10.3 Å². The molecule has 11 nitrogen and oxygen atoms in total. The molecule has 2 heterocycles. The number of esters is 1. The lowest BCUT2D eigenvalue weighted by Gasteiger charge is -2.28. The molecule has 37 heavy (non-hydrogen) atoms. The molecule has 198 valence electrons. The molecule has 2 aromatic carbocycles. The molecule has 0 saturated carbocycles. The Morgan fingerprint density at radius 1 is 0.919 bits per heavy atom. The van der Waals surface area contributed by atoms with Crippen LogP contribution in [0.5, 0.6) is 11.5 Å². The minimum atomic E-state index is -3.78. The Labute approximate surface area is 216 Å². The van der Waals surface area contributed by atoms with Crippen molar-refractivity contribution in [3.8, 4) is 11.5 Å². The van der Waals surface area contributed by atoms with E-state index in [1.165, 1.54) is 11.4 Å². The van der Waals surface area contributed by atoms with E-state index in [1.807, 2.05) is 53.4 Å². The van der Waals surface area contributed by atoms with E-state index in [1.54, 1.807) is 25.1 Å². The first-order valence-corrected chi connectivity index (χ1v) is 13.4. The van der Waals surface area contributed by atoms with E-state index in [9.17, 15) is 13.2 Å². The fraction of sp³-hybridized carbons (Fsp3) is 0.400. The second-order valence-corrected chi connectivity index (χ2v) is 10.8. The minimum absolute atomic E-state index is 0.0823. The van der Waals surface area contributed by atoms with E-state index in [4.69, 9.17) is 14.2 Å². The van der Waals surface area contributed by atoms with Gasteiger partial charge in [-0.1, -0.05) is 29.5 Å². The van der Waals surface area contributed by atoms with E-state index >= 15 is 0 Å². The summed E-state index contributed by atoms with van der Waals surface area (Å²) in [4.78, 5) is 14.7. The maximum absolute atomic E-state index is 13.3. The molecule has 1 aliphatic heterocycles. The number of carbonyl (C=O) groups is 1. The molecule has 0 aliphatic carbocycles. The number of sulfonamides is 1. The highest BCUT2D eigenvalue weighted by Gasteiger charge is 2.40. The summed E-state index contributed by atoms with van der Waals surface area (Å²) in [6, 6.07) is 14.1. The summed E-state index contributed by atoms with van der Waals surface area (Å²) < 4.78 is 44.8. The van der Waals surface area contributed by atoms with Crippen molar-refractivity contribution >= 4 is 16.0 Å². The van der Waals surface area contributed by atoms with E-state index in [0.29, 0.717) is 18.8 Å². The molecule has 0 N–H and O–H groups in total. The van der Waals surface area contributed by atoms with Crippen molar-refractivity contribution in [2.45, 2.75) is 25.7 Å². The maximum Gasteiger partial charge on any atom is 0.325 e. The first-order valence-electron chi connectivity index (χ1n) is 11.8. The zero-order valence-electron chi connectivity index (χ0n) is 21.1. The monoisotopic (exact) mass is 529 g/mol. The molecule has 1 aromatic heterocycles. The molecule has 4 rings (SSSR count). The Bertz CT molecular complexity index is 1290. The van der Waals surface area contributed by atoms with Crippen molar-refractivity contribution in [1.82, 2.24) is 24.2 Å². The first kappa shape index (κ1) is 26.6. The Kier molecular flexibility index (Phi) is 8.41. The number of hydrogen-bond acceptors (Lipinski definition) is 9. The summed E-state index contributed by atoms with van der Waals surface area (Å²) in [6.07, 6.45) is 1.69. The van der Waals surface area contributed by atoms with E-state index in [-0.39, 0.29) is 25.4 Å². The Balaban J connectivity index is 1.50. The first-order chi connectivity index (χ1) is 17.8. The molecule has 12 heteroatoms. The Morgan fingerprint density at radius 2 is 1.51 bits per heavy atom. The fourth-order valence-corrected chi connectivity index (χ4v) is 5.81. The number of methoxy groups -OCH3 is 3. The molecule has 0 radical (unpaired) electrons. The summed E-state index contributed by atoms with van der Waals surface area (Å²) >= 11 is 0. The van der Waals surface area contributed by atoms with Crippen molar-refractivity contribution in [2.24, 2.45) is 0 Å². The van der Waals surface area contributed by atoms with Crippen LogP contribution in [-0.2, 0) is 39.2 Å². The van der Waals surface area contributed by atoms with Crippen molar-refractivity contribution in [2.75, 3.05) is 40.2 Å². The summed E-state index contributed by atoms with van der Waals surface area (Å²) in [6.45, 7) is 1.33. The van der Waals surface area contributed by atoms with E-state index < -0.39 is 22.0 Å². The highest BCUT2D eigenvalue weighted by atomic mass is 32.2. The van der Waals surface area contributed by atoms with Gasteiger partial charge in [-0.05, 0) is 35.4 Å². The molecular weight excluding hydrogens is 498 g/mol. The van der Waals surface area contributed by atoms with Crippen LogP contribution < -0.4 is 9.47 Å². The molecule has 0 spiro atoms.